The van der Waals surface area contributed by atoms with Crippen LogP contribution in [-0.2, 0) is 16.1 Å². The van der Waals surface area contributed by atoms with Crippen LogP contribution >= 0.6 is 11.6 Å². The molecule has 0 saturated heterocycles. The fourth-order valence-corrected chi connectivity index (χ4v) is 3.37. The predicted molar refractivity (Wildman–Crippen MR) is 108 cm³/mol. The van der Waals surface area contributed by atoms with Gasteiger partial charge >= 0.3 is 12.0 Å². The first-order valence-electron chi connectivity index (χ1n) is 8.85. The van der Waals surface area contributed by atoms with E-state index >= 15 is 0 Å². The zero-order valence-corrected chi connectivity index (χ0v) is 17.0. The Hall–Kier alpha value is -3.19. The van der Waals surface area contributed by atoms with Crippen LogP contribution in [0.15, 0.2) is 53.7 Å². The normalized spacial score (nSPS) is 16.0. The number of rotatable bonds is 6. The van der Waals surface area contributed by atoms with E-state index in [1.54, 1.807) is 19.1 Å². The molecule has 1 aliphatic rings. The van der Waals surface area contributed by atoms with Crippen molar-refractivity contribution in [3.05, 3.63) is 69.9 Å². The van der Waals surface area contributed by atoms with Gasteiger partial charge in [0.1, 0.15) is 6.61 Å². The molecule has 8 heteroatoms. The fraction of sp³-hybridized carbons (Fsp3) is 0.238. The van der Waals surface area contributed by atoms with Crippen molar-refractivity contribution in [2.24, 2.45) is 0 Å². The average Bonchev–Trinajstić information content (AvgIpc) is 2.72. The molecule has 2 N–H and O–H groups in total. The molecule has 3 rings (SSSR count). The smallest absolute Gasteiger partial charge is 0.337 e. The molecular formula is C21H21ClN2O5. The molecule has 0 bridgehead atoms. The zero-order chi connectivity index (χ0) is 21.0. The van der Waals surface area contributed by atoms with Gasteiger partial charge in [0.05, 0.1) is 30.9 Å². The summed E-state index contributed by atoms with van der Waals surface area (Å²) in [5, 5.41) is 5.59. The predicted octanol–water partition coefficient (Wildman–Crippen LogP) is 3.73. The summed E-state index contributed by atoms with van der Waals surface area (Å²) < 4.78 is 16.2. The molecular weight excluding hydrogens is 396 g/mol. The Morgan fingerprint density at radius 1 is 1.17 bits per heavy atom. The number of allylic oxidation sites excluding steroid dienone is 1. The second-order valence-corrected chi connectivity index (χ2v) is 6.78. The third-order valence-electron chi connectivity index (χ3n) is 4.49. The van der Waals surface area contributed by atoms with Gasteiger partial charge in [0.25, 0.3) is 0 Å². The van der Waals surface area contributed by atoms with Crippen molar-refractivity contribution >= 4 is 23.6 Å². The number of nitrogens with one attached hydrogen (secondary N) is 2. The van der Waals surface area contributed by atoms with Crippen LogP contribution in [0.25, 0.3) is 0 Å². The third-order valence-corrected chi connectivity index (χ3v) is 4.77. The minimum absolute atomic E-state index is 0.281. The second kappa shape index (κ2) is 8.87. The van der Waals surface area contributed by atoms with E-state index in [4.69, 9.17) is 25.8 Å². The van der Waals surface area contributed by atoms with Gasteiger partial charge in [-0.3, -0.25) is 0 Å². The number of carbonyl (C=O) groups is 2. The second-order valence-electron chi connectivity index (χ2n) is 6.37. The summed E-state index contributed by atoms with van der Waals surface area (Å²) in [6.45, 7) is 1.95. The van der Waals surface area contributed by atoms with Crippen molar-refractivity contribution in [3.8, 4) is 11.5 Å². The summed E-state index contributed by atoms with van der Waals surface area (Å²) in [4.78, 5) is 24.3. The summed E-state index contributed by atoms with van der Waals surface area (Å²) in [7, 11) is 2.78. The minimum Gasteiger partial charge on any atom is -0.493 e. The molecule has 7 nitrogen and oxygen atoms in total. The number of amides is 2. The standard InChI is InChI=1S/C21H21ClN2O5/c1-12-17(20(25)28-3)18(24-21(26)23-12)14-9-15(22)19(16(10-14)27-2)29-11-13-7-5-4-6-8-13/h4-10,18H,11H2,1-3H3,(H2,23,24,26). The number of methoxy groups -OCH3 is 2. The molecule has 0 spiro atoms. The highest BCUT2D eigenvalue weighted by molar-refractivity contribution is 6.32. The summed E-state index contributed by atoms with van der Waals surface area (Å²) in [5.41, 5.74) is 2.23. The maximum absolute atomic E-state index is 12.3. The van der Waals surface area contributed by atoms with Crippen LogP contribution in [0.3, 0.4) is 0 Å². The van der Waals surface area contributed by atoms with Gasteiger partial charge in [0.2, 0.25) is 0 Å². The van der Waals surface area contributed by atoms with E-state index in [2.05, 4.69) is 10.6 Å². The number of halogens is 1. The summed E-state index contributed by atoms with van der Waals surface area (Å²) in [6.07, 6.45) is 0. The summed E-state index contributed by atoms with van der Waals surface area (Å²) in [6, 6.07) is 11.8. The lowest BCUT2D eigenvalue weighted by Gasteiger charge is -2.28. The molecule has 2 aromatic carbocycles. The monoisotopic (exact) mass is 416 g/mol. The average molecular weight is 417 g/mol. The Balaban J connectivity index is 1.96. The third kappa shape index (κ3) is 4.46. The van der Waals surface area contributed by atoms with Crippen LogP contribution in [0.2, 0.25) is 5.02 Å². The molecule has 1 heterocycles. The molecule has 2 aromatic rings. The molecule has 0 radical (unpaired) electrons. The van der Waals surface area contributed by atoms with E-state index < -0.39 is 18.0 Å². The van der Waals surface area contributed by atoms with Crippen molar-refractivity contribution < 1.29 is 23.8 Å². The Morgan fingerprint density at radius 2 is 1.90 bits per heavy atom. The van der Waals surface area contributed by atoms with E-state index in [1.807, 2.05) is 30.3 Å². The van der Waals surface area contributed by atoms with Gasteiger partial charge in [0.15, 0.2) is 11.5 Å². The molecule has 0 aromatic heterocycles. The van der Waals surface area contributed by atoms with Gasteiger partial charge in [0, 0.05) is 5.70 Å². The van der Waals surface area contributed by atoms with Gasteiger partial charge in [-0.15, -0.1) is 0 Å². The van der Waals surface area contributed by atoms with Gasteiger partial charge in [-0.2, -0.15) is 0 Å². The number of ether oxygens (including phenoxy) is 3. The van der Waals surface area contributed by atoms with Crippen molar-refractivity contribution in [1.29, 1.82) is 0 Å². The minimum atomic E-state index is -0.745. The fourth-order valence-electron chi connectivity index (χ4n) is 3.10. The Kier molecular flexibility index (Phi) is 6.29. The van der Waals surface area contributed by atoms with E-state index in [0.717, 1.165) is 5.56 Å². The van der Waals surface area contributed by atoms with Gasteiger partial charge in [-0.25, -0.2) is 9.59 Å². The zero-order valence-electron chi connectivity index (χ0n) is 16.2. The summed E-state index contributed by atoms with van der Waals surface area (Å²) >= 11 is 6.47. The van der Waals surface area contributed by atoms with Crippen molar-refractivity contribution in [1.82, 2.24) is 10.6 Å². The Labute approximate surface area is 173 Å². The molecule has 152 valence electrons. The highest BCUT2D eigenvalue weighted by Crippen LogP contribution is 2.40. The topological polar surface area (TPSA) is 85.9 Å². The van der Waals surface area contributed by atoms with Crippen LogP contribution in [-0.4, -0.2) is 26.2 Å². The first kappa shape index (κ1) is 20.5. The highest BCUT2D eigenvalue weighted by Gasteiger charge is 2.33. The molecule has 0 saturated carbocycles. The van der Waals surface area contributed by atoms with Crippen LogP contribution < -0.4 is 20.1 Å². The van der Waals surface area contributed by atoms with Crippen molar-refractivity contribution in [2.45, 2.75) is 19.6 Å². The lowest BCUT2D eigenvalue weighted by Crippen LogP contribution is -2.45. The molecule has 0 aliphatic carbocycles. The Bertz CT molecular complexity index is 959. The maximum atomic E-state index is 12.3. The molecule has 1 atom stereocenters. The van der Waals surface area contributed by atoms with Crippen molar-refractivity contribution in [2.75, 3.05) is 14.2 Å². The van der Waals surface area contributed by atoms with Gasteiger partial charge < -0.3 is 24.8 Å². The first-order valence-corrected chi connectivity index (χ1v) is 9.23. The van der Waals surface area contributed by atoms with Crippen LogP contribution in [0, 0.1) is 0 Å². The lowest BCUT2D eigenvalue weighted by atomic mass is 9.95. The van der Waals surface area contributed by atoms with E-state index in [1.165, 1.54) is 14.2 Å². The molecule has 1 unspecified atom stereocenters. The summed E-state index contributed by atoms with van der Waals surface area (Å²) in [5.74, 6) is 0.208. The maximum Gasteiger partial charge on any atom is 0.337 e. The quantitative estimate of drug-likeness (QED) is 0.701. The number of hydrogen-bond donors (Lipinski definition) is 2. The highest BCUT2D eigenvalue weighted by atomic mass is 35.5. The van der Waals surface area contributed by atoms with Gasteiger partial charge in [-0.05, 0) is 30.2 Å². The number of benzene rings is 2. The van der Waals surface area contributed by atoms with E-state index in [0.29, 0.717) is 34.4 Å². The molecule has 1 aliphatic heterocycles. The van der Waals surface area contributed by atoms with Crippen molar-refractivity contribution in [3.63, 3.8) is 0 Å². The number of urea groups is 1. The Morgan fingerprint density at radius 3 is 2.55 bits per heavy atom. The number of carbonyl (C=O) groups excluding carboxylic acids is 2. The largest absolute Gasteiger partial charge is 0.493 e. The van der Waals surface area contributed by atoms with E-state index in [-0.39, 0.29) is 5.57 Å². The molecule has 2 amide bonds. The van der Waals surface area contributed by atoms with Gasteiger partial charge in [-0.1, -0.05) is 41.9 Å². The molecule has 29 heavy (non-hydrogen) atoms. The lowest BCUT2D eigenvalue weighted by molar-refractivity contribution is -0.136. The first-order chi connectivity index (χ1) is 13.9. The SMILES string of the molecule is COC(=O)C1=C(C)NC(=O)NC1c1cc(Cl)c(OCc2ccccc2)c(OC)c1. The van der Waals surface area contributed by atoms with Crippen LogP contribution in [0.1, 0.15) is 24.1 Å². The number of esters is 1. The number of hydrogen-bond acceptors (Lipinski definition) is 5. The van der Waals surface area contributed by atoms with Crippen LogP contribution in [0.4, 0.5) is 4.79 Å². The van der Waals surface area contributed by atoms with E-state index in [9.17, 15) is 9.59 Å². The van der Waals surface area contributed by atoms with Crippen LogP contribution in [0.5, 0.6) is 11.5 Å². The molecule has 0 fully saturated rings.